The molecule has 82 valence electrons. The van der Waals surface area contributed by atoms with E-state index < -0.39 is 11.8 Å². The molecule has 0 saturated carbocycles. The number of terminal acetylenes is 2. The first-order valence-electron chi connectivity index (χ1n) is 5.00. The van der Waals surface area contributed by atoms with Crippen molar-refractivity contribution in [3.63, 3.8) is 0 Å². The van der Waals surface area contributed by atoms with Gasteiger partial charge in [0, 0.05) is 7.05 Å². The Hall–Kier alpha value is -1.78. The van der Waals surface area contributed by atoms with Gasteiger partial charge in [-0.1, -0.05) is 11.8 Å². The number of hydrogen-bond acceptors (Lipinski definition) is 3. The number of carbonyl (C=O) groups excluding carboxylic acids is 2. The molecule has 2 aliphatic heterocycles. The van der Waals surface area contributed by atoms with Gasteiger partial charge in [-0.05, 0) is 7.05 Å². The summed E-state index contributed by atoms with van der Waals surface area (Å²) in [6, 6.07) is -0.764. The lowest BCUT2D eigenvalue weighted by atomic mass is 9.90. The van der Waals surface area contributed by atoms with Crippen molar-refractivity contribution in [3.8, 4) is 24.7 Å². The van der Waals surface area contributed by atoms with E-state index in [-0.39, 0.29) is 23.9 Å². The molecular weight excluding hydrogens is 204 g/mol. The summed E-state index contributed by atoms with van der Waals surface area (Å²) in [4.78, 5) is 26.7. The van der Waals surface area contributed by atoms with Crippen molar-refractivity contribution in [2.24, 2.45) is 11.8 Å². The molecule has 2 fully saturated rings. The van der Waals surface area contributed by atoms with Gasteiger partial charge in [0.2, 0.25) is 11.8 Å². The van der Waals surface area contributed by atoms with Crippen LogP contribution in [0, 0.1) is 36.5 Å². The number of rotatable bonds is 0. The molecule has 4 atom stereocenters. The van der Waals surface area contributed by atoms with Gasteiger partial charge in [0.25, 0.3) is 0 Å². The van der Waals surface area contributed by atoms with Gasteiger partial charge in [-0.15, -0.1) is 12.8 Å². The first-order chi connectivity index (χ1) is 7.54. The minimum absolute atomic E-state index is 0.220. The van der Waals surface area contributed by atoms with Crippen LogP contribution in [0.1, 0.15) is 0 Å². The zero-order chi connectivity index (χ0) is 12.0. The van der Waals surface area contributed by atoms with Crippen LogP contribution in [0.5, 0.6) is 0 Å². The largest absolute Gasteiger partial charge is 0.285 e. The molecule has 4 nitrogen and oxygen atoms in total. The van der Waals surface area contributed by atoms with Gasteiger partial charge in [-0.2, -0.15) is 0 Å². The molecule has 2 rings (SSSR count). The van der Waals surface area contributed by atoms with E-state index in [0.29, 0.717) is 0 Å². The number of likely N-dealkylation sites (tertiary alicyclic amines) is 2. The fourth-order valence-corrected chi connectivity index (χ4v) is 2.65. The van der Waals surface area contributed by atoms with Crippen LogP contribution in [0.15, 0.2) is 0 Å². The minimum atomic E-state index is -0.478. The quantitative estimate of drug-likeness (QED) is 0.392. The van der Waals surface area contributed by atoms with Crippen LogP contribution < -0.4 is 0 Å². The lowest BCUT2D eigenvalue weighted by molar-refractivity contribution is -0.139. The van der Waals surface area contributed by atoms with Crippen molar-refractivity contribution in [2.45, 2.75) is 12.1 Å². The fourth-order valence-electron chi connectivity index (χ4n) is 2.65. The zero-order valence-corrected chi connectivity index (χ0v) is 9.18. The van der Waals surface area contributed by atoms with Crippen LogP contribution in [0.3, 0.4) is 0 Å². The molecule has 0 bridgehead atoms. The van der Waals surface area contributed by atoms with Crippen molar-refractivity contribution in [2.75, 3.05) is 14.1 Å². The maximum absolute atomic E-state index is 11.9. The molecule has 0 aromatic carbocycles. The molecule has 16 heavy (non-hydrogen) atoms. The van der Waals surface area contributed by atoms with E-state index in [2.05, 4.69) is 11.8 Å². The predicted molar refractivity (Wildman–Crippen MR) is 57.8 cm³/mol. The Balaban J connectivity index is 2.48. The summed E-state index contributed by atoms with van der Waals surface area (Å²) in [6.45, 7) is 0. The maximum atomic E-state index is 11.9. The maximum Gasteiger partial charge on any atom is 0.235 e. The van der Waals surface area contributed by atoms with Crippen molar-refractivity contribution < 1.29 is 9.59 Å². The van der Waals surface area contributed by atoms with E-state index in [4.69, 9.17) is 12.8 Å². The molecule has 2 heterocycles. The smallest absolute Gasteiger partial charge is 0.235 e. The van der Waals surface area contributed by atoms with Crippen molar-refractivity contribution in [3.05, 3.63) is 0 Å². The molecule has 0 aromatic rings. The van der Waals surface area contributed by atoms with E-state index >= 15 is 0 Å². The number of amides is 2. The van der Waals surface area contributed by atoms with E-state index in [1.54, 1.807) is 11.9 Å². The third-order valence-corrected chi connectivity index (χ3v) is 3.52. The summed E-state index contributed by atoms with van der Waals surface area (Å²) in [5.41, 5.74) is 0. The van der Waals surface area contributed by atoms with E-state index in [1.807, 2.05) is 0 Å². The average molecular weight is 216 g/mol. The summed E-state index contributed by atoms with van der Waals surface area (Å²) in [5.74, 6) is 3.71. The second-order valence-corrected chi connectivity index (χ2v) is 4.18. The van der Waals surface area contributed by atoms with Crippen molar-refractivity contribution in [1.29, 1.82) is 0 Å². The lowest BCUT2D eigenvalue weighted by Crippen LogP contribution is -2.40. The first-order valence-corrected chi connectivity index (χ1v) is 5.00. The van der Waals surface area contributed by atoms with Gasteiger partial charge >= 0.3 is 0 Å². The molecule has 0 unspecified atom stereocenters. The van der Waals surface area contributed by atoms with Gasteiger partial charge in [-0.25, -0.2) is 0 Å². The Labute approximate surface area is 94.6 Å². The molecule has 0 aliphatic carbocycles. The number of imide groups is 1. The minimum Gasteiger partial charge on any atom is -0.285 e. The third kappa shape index (κ3) is 1.05. The second-order valence-electron chi connectivity index (χ2n) is 4.18. The highest BCUT2D eigenvalue weighted by Gasteiger charge is 2.59. The third-order valence-electron chi connectivity index (χ3n) is 3.52. The highest BCUT2D eigenvalue weighted by molar-refractivity contribution is 6.06. The second kappa shape index (κ2) is 3.37. The van der Waals surface area contributed by atoms with Crippen molar-refractivity contribution in [1.82, 2.24) is 9.80 Å². The standard InChI is InChI=1S/C12H12N2O2/c1-5-7-9-10(8(6-2)13(7)3)12(16)14(4)11(9)15/h1-2,7-10H,3-4H3/t7-,8-,9-,10+/m0/s1. The Morgan fingerprint density at radius 3 is 1.69 bits per heavy atom. The number of carbonyl (C=O) groups is 2. The van der Waals surface area contributed by atoms with Gasteiger partial charge in [-0.3, -0.25) is 19.4 Å². The van der Waals surface area contributed by atoms with E-state index in [9.17, 15) is 9.59 Å². The summed E-state index contributed by atoms with van der Waals surface area (Å²) in [6.07, 6.45) is 10.8. The van der Waals surface area contributed by atoms with E-state index in [0.717, 1.165) is 4.90 Å². The van der Waals surface area contributed by atoms with Crippen LogP contribution >= 0.6 is 0 Å². The van der Waals surface area contributed by atoms with Crippen molar-refractivity contribution >= 4 is 11.8 Å². The summed E-state index contributed by atoms with van der Waals surface area (Å²) in [7, 11) is 3.23. The molecule has 0 radical (unpaired) electrons. The fraction of sp³-hybridized carbons (Fsp3) is 0.500. The van der Waals surface area contributed by atoms with Crippen LogP contribution in [0.2, 0.25) is 0 Å². The van der Waals surface area contributed by atoms with Gasteiger partial charge in [0.15, 0.2) is 0 Å². The molecule has 4 heteroatoms. The van der Waals surface area contributed by atoms with E-state index in [1.165, 1.54) is 7.05 Å². The Morgan fingerprint density at radius 2 is 1.38 bits per heavy atom. The van der Waals surface area contributed by atoms with Crippen LogP contribution in [0.4, 0.5) is 0 Å². The highest BCUT2D eigenvalue weighted by atomic mass is 16.2. The molecule has 2 saturated heterocycles. The molecule has 0 aromatic heterocycles. The average Bonchev–Trinajstić information content (AvgIpc) is 2.67. The Kier molecular flexibility index (Phi) is 2.26. The topological polar surface area (TPSA) is 40.6 Å². The lowest BCUT2D eigenvalue weighted by Gasteiger charge is -2.22. The summed E-state index contributed by atoms with van der Waals surface area (Å²) < 4.78 is 0. The summed E-state index contributed by atoms with van der Waals surface area (Å²) >= 11 is 0. The summed E-state index contributed by atoms with van der Waals surface area (Å²) in [5, 5.41) is 0. The Morgan fingerprint density at radius 1 is 1.00 bits per heavy atom. The van der Waals surface area contributed by atoms with Crippen LogP contribution in [-0.2, 0) is 9.59 Å². The molecule has 0 N–H and O–H groups in total. The highest BCUT2D eigenvalue weighted by Crippen LogP contribution is 2.40. The monoisotopic (exact) mass is 216 g/mol. The normalized spacial score (nSPS) is 38.4. The number of hydrogen-bond donors (Lipinski definition) is 0. The predicted octanol–water partition coefficient (Wildman–Crippen LogP) is -0.834. The molecule has 0 spiro atoms. The molecule has 2 amide bonds. The number of fused-ring (bicyclic) bond motifs is 1. The van der Waals surface area contributed by atoms with Crippen LogP contribution in [-0.4, -0.2) is 47.8 Å². The number of nitrogens with zero attached hydrogens (tertiary/aromatic N) is 2. The van der Waals surface area contributed by atoms with Crippen LogP contribution in [0.25, 0.3) is 0 Å². The van der Waals surface area contributed by atoms with Gasteiger partial charge in [0.05, 0.1) is 23.9 Å². The van der Waals surface area contributed by atoms with Gasteiger partial charge in [0.1, 0.15) is 0 Å². The first kappa shape index (κ1) is 10.7. The SMILES string of the molecule is C#C[C@H]1[C@@H]2C(=O)N(C)C(=O)[C@@H]2[C@H](C#C)N1C. The van der Waals surface area contributed by atoms with Gasteiger partial charge < -0.3 is 0 Å². The molecule has 2 aliphatic rings. The Bertz CT molecular complexity index is 403. The zero-order valence-electron chi connectivity index (χ0n) is 9.18. The molecular formula is C12H12N2O2.